The van der Waals surface area contributed by atoms with Gasteiger partial charge in [-0.15, -0.1) is 0 Å². The number of carbonyl (C=O) groups excluding carboxylic acids is 2. The molecule has 1 amide bonds. The number of carbonyl (C=O) groups is 2. The van der Waals surface area contributed by atoms with Crippen LogP contribution in [0.25, 0.3) is 0 Å². The van der Waals surface area contributed by atoms with Crippen LogP contribution in [0.15, 0.2) is 24.3 Å². The average molecular weight is 332 g/mol. The molecule has 5 nitrogen and oxygen atoms in total. The van der Waals surface area contributed by atoms with Crippen molar-refractivity contribution in [1.29, 1.82) is 0 Å². The number of anilines is 1. The molecule has 1 N–H and O–H groups in total. The Labute approximate surface area is 140 Å². The zero-order valence-electron chi connectivity index (χ0n) is 14.3. The summed E-state index contributed by atoms with van der Waals surface area (Å²) in [5.41, 5.74) is 3.00. The third-order valence-electron chi connectivity index (χ3n) is 3.84. The fraction of sp³-hybridized carbons (Fsp3) is 0.333. The van der Waals surface area contributed by atoms with E-state index in [9.17, 15) is 14.0 Å². The highest BCUT2D eigenvalue weighted by molar-refractivity contribution is 5.96. The number of aromatic nitrogens is 1. The van der Waals surface area contributed by atoms with E-state index < -0.39 is 24.3 Å². The lowest BCUT2D eigenvalue weighted by molar-refractivity contribution is -0.119. The van der Waals surface area contributed by atoms with Gasteiger partial charge in [-0.05, 0) is 51.5 Å². The molecule has 0 bridgehead atoms. The molecule has 2 aromatic rings. The third-order valence-corrected chi connectivity index (χ3v) is 3.84. The number of benzene rings is 1. The zero-order chi connectivity index (χ0) is 17.9. The van der Waals surface area contributed by atoms with Crippen molar-refractivity contribution in [2.45, 2.75) is 34.2 Å². The summed E-state index contributed by atoms with van der Waals surface area (Å²) < 4.78 is 20.7. The lowest BCUT2D eigenvalue weighted by Gasteiger charge is -2.08. The van der Waals surface area contributed by atoms with Gasteiger partial charge in [-0.3, -0.25) is 4.79 Å². The van der Waals surface area contributed by atoms with E-state index in [4.69, 9.17) is 4.74 Å². The largest absolute Gasteiger partial charge is 0.452 e. The molecule has 0 saturated heterocycles. The molecule has 1 aromatic carbocycles. The van der Waals surface area contributed by atoms with Crippen LogP contribution in [0, 0.1) is 26.6 Å². The first kappa shape index (κ1) is 17.7. The Morgan fingerprint density at radius 2 is 1.92 bits per heavy atom. The van der Waals surface area contributed by atoms with E-state index in [1.807, 2.05) is 25.3 Å². The Balaban J connectivity index is 1.97. The summed E-state index contributed by atoms with van der Waals surface area (Å²) in [7, 11) is 0. The number of hydrogen-bond donors (Lipinski definition) is 1. The van der Waals surface area contributed by atoms with E-state index in [1.165, 1.54) is 12.1 Å². The lowest BCUT2D eigenvalue weighted by Crippen LogP contribution is -2.21. The second kappa shape index (κ2) is 7.29. The number of nitrogens with one attached hydrogen (secondary N) is 1. The minimum atomic E-state index is -0.588. The van der Waals surface area contributed by atoms with Crippen molar-refractivity contribution in [2.75, 3.05) is 11.9 Å². The maximum absolute atomic E-state index is 13.7. The first-order valence-electron chi connectivity index (χ1n) is 7.73. The summed E-state index contributed by atoms with van der Waals surface area (Å²) in [4.78, 5) is 24.0. The fourth-order valence-electron chi connectivity index (χ4n) is 2.61. The van der Waals surface area contributed by atoms with Crippen LogP contribution in [0.5, 0.6) is 0 Å². The molecule has 0 unspecified atom stereocenters. The summed E-state index contributed by atoms with van der Waals surface area (Å²) in [6.07, 6.45) is 0. The molecule has 0 atom stereocenters. The van der Waals surface area contributed by atoms with Gasteiger partial charge in [-0.2, -0.15) is 0 Å². The molecule has 0 aliphatic heterocycles. The first-order chi connectivity index (χ1) is 11.3. The van der Waals surface area contributed by atoms with Crippen LogP contribution in [0.1, 0.15) is 34.2 Å². The van der Waals surface area contributed by atoms with Gasteiger partial charge in [0.05, 0.1) is 11.3 Å². The zero-order valence-corrected chi connectivity index (χ0v) is 14.3. The Morgan fingerprint density at radius 3 is 2.50 bits per heavy atom. The second-order valence-electron chi connectivity index (χ2n) is 5.64. The van der Waals surface area contributed by atoms with Crippen molar-refractivity contribution in [3.63, 3.8) is 0 Å². The van der Waals surface area contributed by atoms with Gasteiger partial charge >= 0.3 is 5.97 Å². The van der Waals surface area contributed by atoms with Gasteiger partial charge in [0, 0.05) is 17.9 Å². The van der Waals surface area contributed by atoms with Crippen LogP contribution in [0.2, 0.25) is 0 Å². The fourth-order valence-corrected chi connectivity index (χ4v) is 2.61. The summed E-state index contributed by atoms with van der Waals surface area (Å²) in [5, 5.41) is 2.39. The molecule has 1 aromatic heterocycles. The summed E-state index contributed by atoms with van der Waals surface area (Å²) in [5.74, 6) is -1.68. The topological polar surface area (TPSA) is 60.3 Å². The van der Waals surface area contributed by atoms with Gasteiger partial charge in [-0.1, -0.05) is 6.07 Å². The first-order valence-corrected chi connectivity index (χ1v) is 7.73. The maximum Gasteiger partial charge on any atom is 0.340 e. The minimum absolute atomic E-state index is 0.0609. The molecule has 24 heavy (non-hydrogen) atoms. The standard InChI is InChI=1S/C18H21FN2O3/c1-5-21-12(3)9-14(13(21)4)18(23)24-10-17(22)20-16-7-6-11(2)8-15(16)19/h6-9H,5,10H2,1-4H3,(H,20,22). The molecule has 0 aliphatic rings. The molecule has 0 fully saturated rings. The van der Waals surface area contributed by atoms with Gasteiger partial charge in [-0.25, -0.2) is 9.18 Å². The highest BCUT2D eigenvalue weighted by Gasteiger charge is 2.17. The number of ether oxygens (including phenoxy) is 1. The van der Waals surface area contributed by atoms with E-state index in [0.29, 0.717) is 5.56 Å². The number of esters is 1. The van der Waals surface area contributed by atoms with Crippen LogP contribution in [0.4, 0.5) is 10.1 Å². The third kappa shape index (κ3) is 3.82. The molecule has 0 spiro atoms. The van der Waals surface area contributed by atoms with E-state index in [2.05, 4.69) is 5.32 Å². The summed E-state index contributed by atoms with van der Waals surface area (Å²) >= 11 is 0. The van der Waals surface area contributed by atoms with Gasteiger partial charge in [0.15, 0.2) is 6.61 Å². The van der Waals surface area contributed by atoms with Gasteiger partial charge in [0.2, 0.25) is 0 Å². The molecule has 2 rings (SSSR count). The molecule has 0 saturated carbocycles. The Kier molecular flexibility index (Phi) is 5.39. The van der Waals surface area contributed by atoms with Gasteiger partial charge in [0.25, 0.3) is 5.91 Å². The number of nitrogens with zero attached hydrogens (tertiary/aromatic N) is 1. The monoisotopic (exact) mass is 332 g/mol. The minimum Gasteiger partial charge on any atom is -0.452 e. The van der Waals surface area contributed by atoms with E-state index in [-0.39, 0.29) is 5.69 Å². The van der Waals surface area contributed by atoms with Crippen LogP contribution in [0.3, 0.4) is 0 Å². The molecule has 0 radical (unpaired) electrons. The average Bonchev–Trinajstić information content (AvgIpc) is 2.82. The summed E-state index contributed by atoms with van der Waals surface area (Å²) in [6.45, 7) is 7.75. The number of aryl methyl sites for hydroxylation is 2. The van der Waals surface area contributed by atoms with E-state index >= 15 is 0 Å². The number of rotatable bonds is 5. The predicted molar refractivity (Wildman–Crippen MR) is 89.6 cm³/mol. The van der Waals surface area contributed by atoms with Crippen molar-refractivity contribution >= 4 is 17.6 Å². The quantitative estimate of drug-likeness (QED) is 0.854. The molecule has 0 aliphatic carbocycles. The second-order valence-corrected chi connectivity index (χ2v) is 5.64. The van der Waals surface area contributed by atoms with Gasteiger partial charge in [0.1, 0.15) is 5.82 Å². The van der Waals surface area contributed by atoms with Crippen LogP contribution >= 0.6 is 0 Å². The molecule has 128 valence electrons. The maximum atomic E-state index is 13.7. The Morgan fingerprint density at radius 1 is 1.21 bits per heavy atom. The van der Waals surface area contributed by atoms with E-state index in [0.717, 1.165) is 23.5 Å². The molecular formula is C18H21FN2O3. The van der Waals surface area contributed by atoms with Crippen molar-refractivity contribution in [3.05, 3.63) is 52.6 Å². The number of amides is 1. The molecule has 1 heterocycles. The highest BCUT2D eigenvalue weighted by Crippen LogP contribution is 2.17. The van der Waals surface area contributed by atoms with Crippen molar-refractivity contribution in [3.8, 4) is 0 Å². The van der Waals surface area contributed by atoms with Crippen LogP contribution < -0.4 is 5.32 Å². The Bertz CT molecular complexity index is 781. The van der Waals surface area contributed by atoms with Crippen molar-refractivity contribution in [1.82, 2.24) is 4.57 Å². The summed E-state index contributed by atoms with van der Waals surface area (Å²) in [6, 6.07) is 6.21. The molecule has 6 heteroatoms. The van der Waals surface area contributed by atoms with Gasteiger partial charge < -0.3 is 14.6 Å². The number of halogens is 1. The van der Waals surface area contributed by atoms with E-state index in [1.54, 1.807) is 19.1 Å². The normalized spacial score (nSPS) is 10.5. The Hall–Kier alpha value is -2.63. The predicted octanol–water partition coefficient (Wildman–Crippen LogP) is 3.37. The molecular weight excluding hydrogens is 311 g/mol. The van der Waals surface area contributed by atoms with Crippen LogP contribution in [-0.2, 0) is 16.1 Å². The smallest absolute Gasteiger partial charge is 0.340 e. The highest BCUT2D eigenvalue weighted by atomic mass is 19.1. The number of hydrogen-bond acceptors (Lipinski definition) is 3. The lowest BCUT2D eigenvalue weighted by atomic mass is 10.2. The van der Waals surface area contributed by atoms with Crippen molar-refractivity contribution < 1.29 is 18.7 Å². The SMILES string of the molecule is CCn1c(C)cc(C(=O)OCC(=O)Nc2ccc(C)cc2F)c1C. The van der Waals surface area contributed by atoms with Crippen LogP contribution in [-0.4, -0.2) is 23.1 Å². The van der Waals surface area contributed by atoms with Crippen molar-refractivity contribution in [2.24, 2.45) is 0 Å².